The molecule has 0 spiro atoms. The summed E-state index contributed by atoms with van der Waals surface area (Å²) in [5.41, 5.74) is 1.96. The molecule has 0 aliphatic rings. The predicted octanol–water partition coefficient (Wildman–Crippen LogP) is 5.19. The first-order chi connectivity index (χ1) is 13.2. The van der Waals surface area contributed by atoms with E-state index >= 15 is 0 Å². The van der Waals surface area contributed by atoms with Crippen LogP contribution in [0.25, 0.3) is 22.8 Å². The summed E-state index contributed by atoms with van der Waals surface area (Å²) in [6.45, 7) is 0.307. The van der Waals surface area contributed by atoms with Crippen molar-refractivity contribution in [3.05, 3.63) is 89.5 Å². The van der Waals surface area contributed by atoms with E-state index in [0.29, 0.717) is 40.1 Å². The zero-order chi connectivity index (χ0) is 18.6. The number of nitrogens with one attached hydrogen (secondary N) is 1. The van der Waals surface area contributed by atoms with Crippen LogP contribution in [-0.4, -0.2) is 10.9 Å². The minimum atomic E-state index is -0.228. The molecule has 0 saturated heterocycles. The molecule has 0 atom stereocenters. The van der Waals surface area contributed by atoms with E-state index < -0.39 is 0 Å². The van der Waals surface area contributed by atoms with E-state index in [9.17, 15) is 4.79 Å². The number of furan rings is 1. The van der Waals surface area contributed by atoms with Crippen molar-refractivity contribution in [1.29, 1.82) is 0 Å². The van der Waals surface area contributed by atoms with Crippen LogP contribution >= 0.6 is 11.6 Å². The molecule has 1 N–H and O–H groups in total. The molecule has 0 aliphatic heterocycles. The Morgan fingerprint density at radius 2 is 1.85 bits per heavy atom. The predicted molar refractivity (Wildman–Crippen MR) is 102 cm³/mol. The van der Waals surface area contributed by atoms with Crippen LogP contribution in [-0.2, 0) is 6.54 Å². The van der Waals surface area contributed by atoms with Crippen LogP contribution in [0.5, 0.6) is 0 Å². The number of rotatable bonds is 5. The van der Waals surface area contributed by atoms with Gasteiger partial charge in [0.25, 0.3) is 5.91 Å². The van der Waals surface area contributed by atoms with E-state index in [4.69, 9.17) is 20.4 Å². The van der Waals surface area contributed by atoms with Crippen LogP contribution in [0.3, 0.4) is 0 Å². The highest BCUT2D eigenvalue weighted by molar-refractivity contribution is 6.30. The number of oxazole rings is 1. The first-order valence-corrected chi connectivity index (χ1v) is 8.70. The number of benzene rings is 2. The molecule has 1 amide bonds. The van der Waals surface area contributed by atoms with Crippen LogP contribution in [0.15, 0.2) is 82.0 Å². The molecule has 0 bridgehead atoms. The molecule has 134 valence electrons. The van der Waals surface area contributed by atoms with Gasteiger partial charge in [-0.3, -0.25) is 4.79 Å². The van der Waals surface area contributed by atoms with Gasteiger partial charge in [0.05, 0.1) is 24.6 Å². The number of carbonyl (C=O) groups excluding carboxylic acids is 1. The third kappa shape index (κ3) is 3.78. The lowest BCUT2D eigenvalue weighted by Crippen LogP contribution is -2.23. The summed E-state index contributed by atoms with van der Waals surface area (Å²) >= 11 is 5.93. The second-order valence-electron chi connectivity index (χ2n) is 5.84. The fraction of sp³-hybridized carbons (Fsp3) is 0.0476. The highest BCUT2D eigenvalue weighted by Crippen LogP contribution is 2.29. The third-order valence-corrected chi connectivity index (χ3v) is 4.29. The highest BCUT2D eigenvalue weighted by Gasteiger charge is 2.17. The van der Waals surface area contributed by atoms with Crippen LogP contribution in [0.1, 0.15) is 16.1 Å². The van der Waals surface area contributed by atoms with Crippen molar-refractivity contribution >= 4 is 17.5 Å². The Bertz CT molecular complexity index is 1050. The molecule has 4 rings (SSSR count). The van der Waals surface area contributed by atoms with Crippen LogP contribution in [0.2, 0.25) is 5.02 Å². The average Bonchev–Trinajstić information content (AvgIpc) is 3.39. The lowest BCUT2D eigenvalue weighted by molar-refractivity contribution is 0.0948. The maximum absolute atomic E-state index is 12.6. The Hall–Kier alpha value is -3.31. The van der Waals surface area contributed by atoms with Gasteiger partial charge in [-0.05, 0) is 48.5 Å². The van der Waals surface area contributed by atoms with E-state index in [0.717, 1.165) is 5.56 Å². The van der Waals surface area contributed by atoms with Gasteiger partial charge in [0, 0.05) is 16.1 Å². The lowest BCUT2D eigenvalue weighted by atomic mass is 10.1. The number of aromatic nitrogens is 1. The van der Waals surface area contributed by atoms with Gasteiger partial charge in [0.15, 0.2) is 5.76 Å². The highest BCUT2D eigenvalue weighted by atomic mass is 35.5. The molecule has 2 heterocycles. The molecule has 0 radical (unpaired) electrons. The van der Waals surface area contributed by atoms with Crippen molar-refractivity contribution in [2.75, 3.05) is 0 Å². The molecule has 2 aromatic carbocycles. The van der Waals surface area contributed by atoms with Crippen LogP contribution in [0.4, 0.5) is 0 Å². The van der Waals surface area contributed by atoms with Gasteiger partial charge in [0.2, 0.25) is 5.89 Å². The van der Waals surface area contributed by atoms with Crippen molar-refractivity contribution in [3.8, 4) is 22.8 Å². The average molecular weight is 379 g/mol. The molecule has 4 aromatic rings. The summed E-state index contributed by atoms with van der Waals surface area (Å²) in [5.74, 6) is 1.44. The fourth-order valence-corrected chi connectivity index (χ4v) is 2.82. The largest absolute Gasteiger partial charge is 0.467 e. The quantitative estimate of drug-likeness (QED) is 0.519. The summed E-state index contributed by atoms with van der Waals surface area (Å²) in [7, 11) is 0. The second-order valence-corrected chi connectivity index (χ2v) is 6.28. The van der Waals surface area contributed by atoms with Crippen molar-refractivity contribution in [2.45, 2.75) is 6.54 Å². The number of carbonyl (C=O) groups is 1. The number of hydrogen-bond donors (Lipinski definition) is 1. The van der Waals surface area contributed by atoms with Crippen molar-refractivity contribution in [1.82, 2.24) is 10.3 Å². The van der Waals surface area contributed by atoms with Gasteiger partial charge < -0.3 is 14.2 Å². The van der Waals surface area contributed by atoms with Gasteiger partial charge in [0.1, 0.15) is 5.76 Å². The lowest BCUT2D eigenvalue weighted by Gasteiger charge is -2.07. The molecular weight excluding hydrogens is 364 g/mol. The fourth-order valence-electron chi connectivity index (χ4n) is 2.69. The molecule has 5 nitrogen and oxygen atoms in total. The van der Waals surface area contributed by atoms with E-state index in [2.05, 4.69) is 10.3 Å². The van der Waals surface area contributed by atoms with Crippen molar-refractivity contribution in [3.63, 3.8) is 0 Å². The zero-order valence-electron chi connectivity index (χ0n) is 14.2. The standard InChI is InChI=1S/C21H15ClN2O3/c22-15-9-7-14(8-10-15)19-13-24-21(27-19)18-6-2-1-5-17(18)20(25)23-12-16-4-3-11-26-16/h1-11,13H,12H2,(H,23,25). The Balaban J connectivity index is 1.59. The maximum Gasteiger partial charge on any atom is 0.252 e. The van der Waals surface area contributed by atoms with Crippen molar-refractivity contribution in [2.24, 2.45) is 0 Å². The summed E-state index contributed by atoms with van der Waals surface area (Å²) in [5, 5.41) is 3.49. The number of halogens is 1. The monoisotopic (exact) mass is 378 g/mol. The van der Waals surface area contributed by atoms with E-state index in [1.807, 2.05) is 18.2 Å². The maximum atomic E-state index is 12.6. The Kier molecular flexibility index (Phi) is 4.77. The Morgan fingerprint density at radius 3 is 2.63 bits per heavy atom. The van der Waals surface area contributed by atoms with Crippen LogP contribution in [0, 0.1) is 0 Å². The first-order valence-electron chi connectivity index (χ1n) is 8.32. The van der Waals surface area contributed by atoms with Crippen molar-refractivity contribution < 1.29 is 13.6 Å². The first kappa shape index (κ1) is 17.1. The molecule has 0 fully saturated rings. The molecule has 6 heteroatoms. The Labute approximate surface area is 160 Å². The molecule has 27 heavy (non-hydrogen) atoms. The normalized spacial score (nSPS) is 10.7. The summed E-state index contributed by atoms with van der Waals surface area (Å²) in [4.78, 5) is 17.0. The summed E-state index contributed by atoms with van der Waals surface area (Å²) in [6.07, 6.45) is 3.20. The minimum Gasteiger partial charge on any atom is -0.467 e. The number of amides is 1. The van der Waals surface area contributed by atoms with Gasteiger partial charge >= 0.3 is 0 Å². The second kappa shape index (κ2) is 7.51. The van der Waals surface area contributed by atoms with Crippen LogP contribution < -0.4 is 5.32 Å². The Morgan fingerprint density at radius 1 is 1.04 bits per heavy atom. The topological polar surface area (TPSA) is 68.3 Å². The zero-order valence-corrected chi connectivity index (χ0v) is 14.9. The smallest absolute Gasteiger partial charge is 0.252 e. The molecule has 0 aliphatic carbocycles. The molecule has 0 unspecified atom stereocenters. The number of hydrogen-bond acceptors (Lipinski definition) is 4. The van der Waals surface area contributed by atoms with Gasteiger partial charge in [-0.1, -0.05) is 23.7 Å². The van der Waals surface area contributed by atoms with E-state index in [1.54, 1.807) is 54.9 Å². The molecule has 0 saturated carbocycles. The van der Waals surface area contributed by atoms with E-state index in [1.165, 1.54) is 0 Å². The van der Waals surface area contributed by atoms with Gasteiger partial charge in [-0.15, -0.1) is 0 Å². The summed E-state index contributed by atoms with van der Waals surface area (Å²) in [6, 6.07) is 18.0. The van der Waals surface area contributed by atoms with E-state index in [-0.39, 0.29) is 5.91 Å². The molecule has 2 aromatic heterocycles. The summed E-state index contributed by atoms with van der Waals surface area (Å²) < 4.78 is 11.1. The number of nitrogens with zero attached hydrogens (tertiary/aromatic N) is 1. The molecular formula is C21H15ClN2O3. The SMILES string of the molecule is O=C(NCc1ccco1)c1ccccc1-c1ncc(-c2ccc(Cl)cc2)o1. The minimum absolute atomic E-state index is 0.228. The van der Waals surface area contributed by atoms with Gasteiger partial charge in [-0.25, -0.2) is 4.98 Å². The van der Waals surface area contributed by atoms with Gasteiger partial charge in [-0.2, -0.15) is 0 Å². The third-order valence-electron chi connectivity index (χ3n) is 4.04.